The third-order valence-electron chi connectivity index (χ3n) is 3.94. The number of piperidine rings is 1. The van der Waals surface area contributed by atoms with E-state index >= 15 is 0 Å². The summed E-state index contributed by atoms with van der Waals surface area (Å²) < 4.78 is 0. The van der Waals surface area contributed by atoms with Gasteiger partial charge >= 0.3 is 0 Å². The Kier molecular flexibility index (Phi) is 2.61. The average Bonchev–Trinajstić information content (AvgIpc) is 2.72. The zero-order valence-electron chi connectivity index (χ0n) is 10.5. The predicted molar refractivity (Wildman–Crippen MR) is 70.3 cm³/mol. The van der Waals surface area contributed by atoms with Gasteiger partial charge in [0, 0.05) is 13.1 Å². The third kappa shape index (κ3) is 1.70. The van der Waals surface area contributed by atoms with Gasteiger partial charge in [-0.05, 0) is 31.4 Å². The maximum Gasteiger partial charge on any atom is 0.225 e. The lowest BCUT2D eigenvalue weighted by Crippen LogP contribution is -2.46. The fourth-order valence-electron chi connectivity index (χ4n) is 3.10. The van der Waals surface area contributed by atoms with Gasteiger partial charge in [-0.1, -0.05) is 0 Å². The average molecular weight is 246 g/mol. The largest absolute Gasteiger partial charge is 0.397 e. The number of nitrogen functional groups attached to an aromatic ring is 1. The summed E-state index contributed by atoms with van der Waals surface area (Å²) in [6, 6.07) is 2.19. The Morgan fingerprint density at radius 2 is 2.39 bits per heavy atom. The molecule has 3 N–H and O–H groups in total. The number of amides is 1. The molecule has 2 aliphatic heterocycles. The Morgan fingerprint density at radius 1 is 1.56 bits per heavy atom. The number of fused-ring (bicyclic) bond motifs is 1. The molecular formula is C13H18N4O. The molecule has 5 heteroatoms. The van der Waals surface area contributed by atoms with Crippen molar-refractivity contribution in [3.8, 4) is 0 Å². The van der Waals surface area contributed by atoms with Crippen molar-refractivity contribution in [3.63, 3.8) is 0 Å². The number of pyridine rings is 1. The van der Waals surface area contributed by atoms with Crippen LogP contribution in [-0.4, -0.2) is 30.0 Å². The summed E-state index contributed by atoms with van der Waals surface area (Å²) in [6.45, 7) is 3.72. The lowest BCUT2D eigenvalue weighted by Gasteiger charge is -2.37. The van der Waals surface area contributed by atoms with Crippen LogP contribution >= 0.6 is 0 Å². The van der Waals surface area contributed by atoms with Gasteiger partial charge in [0.05, 0.1) is 23.8 Å². The molecule has 2 aliphatic rings. The normalized spacial score (nSPS) is 26.9. The second kappa shape index (κ2) is 4.15. The minimum atomic E-state index is 0.123. The quantitative estimate of drug-likeness (QED) is 0.764. The van der Waals surface area contributed by atoms with E-state index in [1.54, 1.807) is 6.20 Å². The van der Waals surface area contributed by atoms with Crippen LogP contribution in [0.1, 0.15) is 18.4 Å². The van der Waals surface area contributed by atoms with Crippen molar-refractivity contribution in [2.24, 2.45) is 5.92 Å². The van der Waals surface area contributed by atoms with Crippen molar-refractivity contribution < 1.29 is 4.79 Å². The Bertz CT molecular complexity index is 488. The highest BCUT2D eigenvalue weighted by Gasteiger charge is 2.41. The summed E-state index contributed by atoms with van der Waals surface area (Å²) in [4.78, 5) is 18.5. The number of nitrogens with one attached hydrogen (secondary N) is 1. The van der Waals surface area contributed by atoms with E-state index in [1.165, 1.54) is 0 Å². The van der Waals surface area contributed by atoms with Crippen LogP contribution in [0.2, 0.25) is 0 Å². The number of rotatable bonds is 1. The van der Waals surface area contributed by atoms with E-state index in [0.717, 1.165) is 37.3 Å². The number of hydrogen-bond acceptors (Lipinski definition) is 4. The summed E-state index contributed by atoms with van der Waals surface area (Å²) in [6.07, 6.45) is 3.72. The number of aryl methyl sites for hydroxylation is 1. The molecule has 1 amide bonds. The summed E-state index contributed by atoms with van der Waals surface area (Å²) in [5.41, 5.74) is 7.50. The zero-order chi connectivity index (χ0) is 12.7. The fraction of sp³-hybridized carbons (Fsp3) is 0.538. The third-order valence-corrected chi connectivity index (χ3v) is 3.94. The molecule has 3 rings (SSSR count). The molecular weight excluding hydrogens is 228 g/mol. The topological polar surface area (TPSA) is 71.2 Å². The molecule has 2 atom stereocenters. The molecule has 1 aromatic heterocycles. The highest BCUT2D eigenvalue weighted by atomic mass is 16.2. The van der Waals surface area contributed by atoms with E-state index in [0.29, 0.717) is 5.69 Å². The van der Waals surface area contributed by atoms with Crippen LogP contribution in [0.3, 0.4) is 0 Å². The number of hydrogen-bond donors (Lipinski definition) is 2. The Morgan fingerprint density at radius 3 is 3.17 bits per heavy atom. The van der Waals surface area contributed by atoms with Gasteiger partial charge in [0.2, 0.25) is 5.91 Å². The van der Waals surface area contributed by atoms with Crippen LogP contribution in [0.15, 0.2) is 12.3 Å². The SMILES string of the molecule is Cc1cc(N)cnc1N1CCCC2C(=O)NCC21. The van der Waals surface area contributed by atoms with Gasteiger partial charge in [-0.2, -0.15) is 0 Å². The first-order chi connectivity index (χ1) is 8.66. The molecule has 0 aromatic carbocycles. The van der Waals surface area contributed by atoms with Crippen molar-refractivity contribution in [1.29, 1.82) is 0 Å². The molecule has 3 heterocycles. The van der Waals surface area contributed by atoms with E-state index in [4.69, 9.17) is 5.73 Å². The van der Waals surface area contributed by atoms with E-state index < -0.39 is 0 Å². The highest BCUT2D eigenvalue weighted by molar-refractivity contribution is 5.83. The molecule has 0 bridgehead atoms. The second-order valence-corrected chi connectivity index (χ2v) is 5.16. The van der Waals surface area contributed by atoms with Crippen LogP contribution in [0.5, 0.6) is 0 Å². The molecule has 5 nitrogen and oxygen atoms in total. The molecule has 0 aliphatic carbocycles. The van der Waals surface area contributed by atoms with Crippen molar-refractivity contribution in [3.05, 3.63) is 17.8 Å². The molecule has 1 aromatic rings. The van der Waals surface area contributed by atoms with Crippen molar-refractivity contribution in [1.82, 2.24) is 10.3 Å². The zero-order valence-corrected chi connectivity index (χ0v) is 10.5. The van der Waals surface area contributed by atoms with Crippen LogP contribution in [0, 0.1) is 12.8 Å². The van der Waals surface area contributed by atoms with Crippen LogP contribution in [0.4, 0.5) is 11.5 Å². The molecule has 0 saturated carbocycles. The van der Waals surface area contributed by atoms with Gasteiger partial charge in [0.1, 0.15) is 5.82 Å². The summed E-state index contributed by atoms with van der Waals surface area (Å²) in [7, 11) is 0. The standard InChI is InChI=1S/C13H18N4O/c1-8-5-9(14)6-15-12(8)17-4-2-3-10-11(17)7-16-13(10)18/h5-6,10-11H,2-4,7,14H2,1H3,(H,16,18). The van der Waals surface area contributed by atoms with E-state index in [1.807, 2.05) is 13.0 Å². The van der Waals surface area contributed by atoms with E-state index in [9.17, 15) is 4.79 Å². The smallest absolute Gasteiger partial charge is 0.225 e. The first-order valence-corrected chi connectivity index (χ1v) is 6.43. The van der Waals surface area contributed by atoms with Crippen molar-refractivity contribution >= 4 is 17.4 Å². The first kappa shape index (κ1) is 11.3. The van der Waals surface area contributed by atoms with E-state index in [2.05, 4.69) is 15.2 Å². The minimum absolute atomic E-state index is 0.123. The highest BCUT2D eigenvalue weighted by Crippen LogP contribution is 2.32. The summed E-state index contributed by atoms with van der Waals surface area (Å²) >= 11 is 0. The monoisotopic (exact) mass is 246 g/mol. The Labute approximate surface area is 106 Å². The van der Waals surface area contributed by atoms with E-state index in [-0.39, 0.29) is 17.9 Å². The summed E-state index contributed by atoms with van der Waals surface area (Å²) in [5, 5.41) is 2.96. The lowest BCUT2D eigenvalue weighted by molar-refractivity contribution is -0.122. The first-order valence-electron chi connectivity index (χ1n) is 6.43. The summed E-state index contributed by atoms with van der Waals surface area (Å²) in [5.74, 6) is 1.28. The number of anilines is 2. The number of aromatic nitrogens is 1. The van der Waals surface area contributed by atoms with Crippen LogP contribution in [0.25, 0.3) is 0 Å². The molecule has 18 heavy (non-hydrogen) atoms. The molecule has 0 radical (unpaired) electrons. The Hall–Kier alpha value is -1.78. The maximum absolute atomic E-state index is 11.7. The van der Waals surface area contributed by atoms with Gasteiger partial charge in [-0.25, -0.2) is 4.98 Å². The number of carbonyl (C=O) groups excluding carboxylic acids is 1. The molecule has 2 fully saturated rings. The predicted octanol–water partition coefficient (Wildman–Crippen LogP) is 0.687. The van der Waals surface area contributed by atoms with Gasteiger partial charge in [-0.15, -0.1) is 0 Å². The van der Waals surface area contributed by atoms with Crippen molar-refractivity contribution in [2.75, 3.05) is 23.7 Å². The van der Waals surface area contributed by atoms with Gasteiger partial charge in [-0.3, -0.25) is 4.79 Å². The number of carbonyl (C=O) groups is 1. The molecule has 0 spiro atoms. The van der Waals surface area contributed by atoms with Crippen LogP contribution < -0.4 is 16.0 Å². The Balaban J connectivity index is 1.93. The van der Waals surface area contributed by atoms with Gasteiger partial charge < -0.3 is 16.0 Å². The van der Waals surface area contributed by atoms with Crippen molar-refractivity contribution in [2.45, 2.75) is 25.8 Å². The van der Waals surface area contributed by atoms with Crippen LogP contribution in [-0.2, 0) is 4.79 Å². The van der Waals surface area contributed by atoms with Gasteiger partial charge in [0.15, 0.2) is 0 Å². The lowest BCUT2D eigenvalue weighted by atomic mass is 9.91. The molecule has 96 valence electrons. The van der Waals surface area contributed by atoms with Gasteiger partial charge in [0.25, 0.3) is 0 Å². The molecule has 2 saturated heterocycles. The number of nitrogens with zero attached hydrogens (tertiary/aromatic N) is 2. The fourth-order valence-corrected chi connectivity index (χ4v) is 3.10. The number of nitrogens with two attached hydrogens (primary N) is 1. The molecule has 2 unspecified atom stereocenters. The minimum Gasteiger partial charge on any atom is -0.397 e. The maximum atomic E-state index is 11.7. The second-order valence-electron chi connectivity index (χ2n) is 5.16.